The van der Waals surface area contributed by atoms with E-state index in [0.29, 0.717) is 19.7 Å². The van der Waals surface area contributed by atoms with Crippen molar-refractivity contribution in [1.29, 1.82) is 0 Å². The fraction of sp³-hybridized carbons (Fsp3) is 0.481. The third-order valence-electron chi connectivity index (χ3n) is 7.44. The summed E-state index contributed by atoms with van der Waals surface area (Å²) in [6, 6.07) is 14.0. The number of rotatable bonds is 6. The summed E-state index contributed by atoms with van der Waals surface area (Å²) in [4.78, 5) is 30.5. The van der Waals surface area contributed by atoms with E-state index in [2.05, 4.69) is 29.0 Å². The summed E-state index contributed by atoms with van der Waals surface area (Å²) in [5, 5.41) is 16.4. The van der Waals surface area contributed by atoms with Crippen molar-refractivity contribution in [3.63, 3.8) is 0 Å². The van der Waals surface area contributed by atoms with Gasteiger partial charge in [-0.1, -0.05) is 24.3 Å². The molecule has 3 N–H and O–H groups in total. The highest BCUT2D eigenvalue weighted by molar-refractivity contribution is 7.98. The van der Waals surface area contributed by atoms with Gasteiger partial charge in [-0.2, -0.15) is 0 Å². The molecule has 36 heavy (non-hydrogen) atoms. The predicted molar refractivity (Wildman–Crippen MR) is 140 cm³/mol. The molecule has 3 heterocycles. The van der Waals surface area contributed by atoms with Crippen LogP contribution in [-0.4, -0.2) is 72.0 Å². The van der Waals surface area contributed by atoms with Crippen molar-refractivity contribution in [2.45, 2.75) is 55.0 Å². The van der Waals surface area contributed by atoms with Crippen LogP contribution in [0.1, 0.15) is 48.1 Å². The van der Waals surface area contributed by atoms with E-state index >= 15 is 0 Å². The summed E-state index contributed by atoms with van der Waals surface area (Å²) in [5.41, 5.74) is 4.17. The Morgan fingerprint density at radius 1 is 1.25 bits per heavy atom. The number of ether oxygens (including phenoxy) is 1. The van der Waals surface area contributed by atoms with Gasteiger partial charge in [0, 0.05) is 42.7 Å². The first-order chi connectivity index (χ1) is 17.4. The molecule has 0 unspecified atom stereocenters. The van der Waals surface area contributed by atoms with E-state index in [1.807, 2.05) is 35.2 Å². The number of nitrogens with zero attached hydrogens (tertiary/aromatic N) is 2. The summed E-state index contributed by atoms with van der Waals surface area (Å²) >= 11 is 1.70. The monoisotopic (exact) mass is 510 g/mol. The first-order valence-electron chi connectivity index (χ1n) is 12.5. The van der Waals surface area contributed by atoms with E-state index < -0.39 is 6.10 Å². The fourth-order valence-electron chi connectivity index (χ4n) is 5.49. The number of anilines is 1. The Morgan fingerprint density at radius 2 is 2.08 bits per heavy atom. The molecule has 0 aromatic heterocycles. The quantitative estimate of drug-likeness (QED) is 0.515. The lowest BCUT2D eigenvalue weighted by Gasteiger charge is -2.40. The largest absolute Gasteiger partial charge is 0.389 e. The molecule has 8 nitrogen and oxygen atoms in total. The van der Waals surface area contributed by atoms with Gasteiger partial charge in [-0.05, 0) is 48.4 Å². The number of nitrogens with one attached hydrogen (secondary N) is 2. The second kappa shape index (κ2) is 10.7. The highest BCUT2D eigenvalue weighted by Gasteiger charge is 2.36. The normalized spacial score (nSPS) is 24.6. The molecule has 3 aliphatic rings. The van der Waals surface area contributed by atoms with Crippen molar-refractivity contribution in [2.75, 3.05) is 38.3 Å². The second-order valence-corrected chi connectivity index (χ2v) is 10.6. The van der Waals surface area contributed by atoms with Crippen LogP contribution >= 0.6 is 11.8 Å². The van der Waals surface area contributed by atoms with Crippen LogP contribution in [-0.2, 0) is 16.1 Å². The van der Waals surface area contributed by atoms with Gasteiger partial charge < -0.3 is 30.3 Å². The number of hydrogen-bond donors (Lipinski definition) is 3. The zero-order valence-corrected chi connectivity index (χ0v) is 21.6. The minimum atomic E-state index is -0.497. The van der Waals surface area contributed by atoms with Gasteiger partial charge in [-0.25, -0.2) is 4.79 Å². The Bertz CT molecular complexity index is 1130. The molecule has 9 heteroatoms. The third-order valence-corrected chi connectivity index (χ3v) is 8.25. The van der Waals surface area contributed by atoms with E-state index in [9.17, 15) is 14.7 Å². The summed E-state index contributed by atoms with van der Waals surface area (Å²) in [6.07, 6.45) is 4.15. The van der Waals surface area contributed by atoms with Crippen molar-refractivity contribution in [1.82, 2.24) is 15.1 Å². The van der Waals surface area contributed by atoms with Crippen molar-refractivity contribution in [3.8, 4) is 0 Å². The van der Waals surface area contributed by atoms with E-state index in [0.717, 1.165) is 36.1 Å². The van der Waals surface area contributed by atoms with Crippen molar-refractivity contribution < 1.29 is 19.4 Å². The number of aliphatic hydroxyl groups excluding tert-OH is 1. The van der Waals surface area contributed by atoms with Crippen LogP contribution in [0.5, 0.6) is 0 Å². The van der Waals surface area contributed by atoms with Crippen molar-refractivity contribution >= 4 is 29.4 Å². The number of carbonyl (C=O) groups excluding carboxylic acids is 2. The lowest BCUT2D eigenvalue weighted by atomic mass is 9.89. The average molecular weight is 511 g/mol. The molecule has 2 aromatic rings. The maximum Gasteiger partial charge on any atom is 0.317 e. The fourth-order valence-corrected chi connectivity index (χ4v) is 6.14. The molecule has 5 rings (SSSR count). The number of aliphatic hydroxyl groups is 1. The number of amides is 3. The number of benzene rings is 2. The standard InChI is InChI=1S/C27H34N4O4S/c1-30(15-26(33)31-11-5-7-22(31)18-6-3-4-8-25(18)36-2)27(34)28-14-17-9-10-20-19(12-17)24-13-21(29-20)23(32)16-35-24/h3-4,6,8-10,12,21-24,29,32H,5,7,11,13-16H2,1-2H3,(H,28,34)/t21-,22-,23-,24+/m1/s1. The molecule has 2 fully saturated rings. The lowest BCUT2D eigenvalue weighted by molar-refractivity contribution is -0.132. The predicted octanol–water partition coefficient (Wildman–Crippen LogP) is 3.53. The van der Waals surface area contributed by atoms with Crippen LogP contribution in [0.15, 0.2) is 47.4 Å². The summed E-state index contributed by atoms with van der Waals surface area (Å²) in [5.74, 6) is -0.0305. The number of thioether (sulfide) groups is 1. The molecular weight excluding hydrogens is 476 g/mol. The van der Waals surface area contributed by atoms with Crippen molar-refractivity contribution in [2.24, 2.45) is 0 Å². The molecule has 0 spiro atoms. The van der Waals surface area contributed by atoms with Crippen molar-refractivity contribution in [3.05, 3.63) is 59.2 Å². The summed E-state index contributed by atoms with van der Waals surface area (Å²) in [6.45, 7) is 1.43. The summed E-state index contributed by atoms with van der Waals surface area (Å²) in [7, 11) is 1.66. The van der Waals surface area contributed by atoms with E-state index in [1.165, 1.54) is 15.4 Å². The van der Waals surface area contributed by atoms with E-state index in [4.69, 9.17) is 4.74 Å². The second-order valence-electron chi connectivity index (χ2n) is 9.80. The first kappa shape index (κ1) is 24.9. The number of urea groups is 1. The van der Waals surface area contributed by atoms with Crippen LogP contribution in [0.3, 0.4) is 0 Å². The average Bonchev–Trinajstić information content (AvgIpc) is 3.39. The van der Waals surface area contributed by atoms with Gasteiger partial charge in [0.15, 0.2) is 0 Å². The molecule has 0 saturated carbocycles. The SMILES string of the molecule is CSc1ccccc1[C@H]1CCCN1C(=O)CN(C)C(=O)NCc1ccc2c(c1)[C@@H]1C[C@@H](N2)[C@H](O)CO1. The molecule has 0 aliphatic carbocycles. The highest BCUT2D eigenvalue weighted by Crippen LogP contribution is 2.40. The molecule has 3 aliphatic heterocycles. The van der Waals surface area contributed by atoms with Crippen LogP contribution in [0.25, 0.3) is 0 Å². The van der Waals surface area contributed by atoms with Gasteiger partial charge in [0.2, 0.25) is 5.91 Å². The zero-order chi connectivity index (χ0) is 25.2. The number of carbonyl (C=O) groups is 2. The van der Waals surface area contributed by atoms with Gasteiger partial charge in [0.25, 0.3) is 0 Å². The smallest absolute Gasteiger partial charge is 0.317 e. The van der Waals surface area contributed by atoms with Gasteiger partial charge >= 0.3 is 6.03 Å². The van der Waals surface area contributed by atoms with Crippen LogP contribution in [0.2, 0.25) is 0 Å². The zero-order valence-electron chi connectivity index (χ0n) is 20.8. The Hall–Kier alpha value is -2.75. The minimum Gasteiger partial charge on any atom is -0.389 e. The Labute approximate surface area is 216 Å². The molecule has 4 atom stereocenters. The first-order valence-corrected chi connectivity index (χ1v) is 13.8. The van der Waals surface area contributed by atoms with Gasteiger partial charge in [0.05, 0.1) is 30.9 Å². The van der Waals surface area contributed by atoms with Gasteiger partial charge in [-0.3, -0.25) is 4.79 Å². The molecule has 2 saturated heterocycles. The van der Waals surface area contributed by atoms with Crippen LogP contribution in [0.4, 0.5) is 10.5 Å². The maximum absolute atomic E-state index is 13.2. The number of fused-ring (bicyclic) bond motifs is 4. The molecule has 192 valence electrons. The van der Waals surface area contributed by atoms with Gasteiger partial charge in [-0.15, -0.1) is 11.8 Å². The van der Waals surface area contributed by atoms with Gasteiger partial charge in [0.1, 0.15) is 6.54 Å². The molecule has 3 amide bonds. The maximum atomic E-state index is 13.2. The molecule has 2 aromatic carbocycles. The minimum absolute atomic E-state index is 0.0115. The number of hydrogen-bond acceptors (Lipinski definition) is 6. The third kappa shape index (κ3) is 5.05. The van der Waals surface area contributed by atoms with E-state index in [-0.39, 0.29) is 36.7 Å². The Kier molecular flexibility index (Phi) is 7.41. The van der Waals surface area contributed by atoms with E-state index in [1.54, 1.807) is 18.8 Å². The number of likely N-dealkylation sites (tertiary alicyclic amines) is 1. The highest BCUT2D eigenvalue weighted by atomic mass is 32.2. The molecular formula is C27H34N4O4S. The lowest BCUT2D eigenvalue weighted by Crippen LogP contribution is -2.46. The Morgan fingerprint density at radius 3 is 2.92 bits per heavy atom. The Balaban J connectivity index is 1.17. The number of likely N-dealkylation sites (N-methyl/N-ethyl adjacent to an activating group) is 1. The van der Waals surface area contributed by atoms with Crippen LogP contribution in [0, 0.1) is 0 Å². The van der Waals surface area contributed by atoms with Crippen LogP contribution < -0.4 is 10.6 Å². The summed E-state index contributed by atoms with van der Waals surface area (Å²) < 4.78 is 5.82. The topological polar surface area (TPSA) is 94.1 Å². The molecule has 2 bridgehead atoms. The molecule has 0 radical (unpaired) electrons.